The minimum Gasteiger partial charge on any atom is -0.333 e. The van der Waals surface area contributed by atoms with E-state index in [0.717, 1.165) is 41.0 Å². The summed E-state index contributed by atoms with van der Waals surface area (Å²) in [5, 5.41) is 14.1. The molecule has 2 heterocycles. The van der Waals surface area contributed by atoms with E-state index >= 15 is 0 Å². The number of carbonyl (C=O) groups is 1. The Bertz CT molecular complexity index is 1150. The number of fused-ring (bicyclic) bond motifs is 2. The highest BCUT2D eigenvalue weighted by atomic mass is 32.2. The number of benzene rings is 1. The summed E-state index contributed by atoms with van der Waals surface area (Å²) in [6.45, 7) is 8.87. The van der Waals surface area contributed by atoms with Crippen molar-refractivity contribution in [3.63, 3.8) is 0 Å². The zero-order chi connectivity index (χ0) is 21.5. The van der Waals surface area contributed by atoms with E-state index < -0.39 is 0 Å². The van der Waals surface area contributed by atoms with Gasteiger partial charge in [-0.15, -0.1) is 11.3 Å². The minimum atomic E-state index is -0.112. The number of rotatable bonds is 4. The van der Waals surface area contributed by atoms with E-state index in [2.05, 4.69) is 42.1 Å². The van der Waals surface area contributed by atoms with Crippen molar-refractivity contribution < 1.29 is 4.79 Å². The molecule has 4 rings (SSSR count). The van der Waals surface area contributed by atoms with Gasteiger partial charge in [-0.1, -0.05) is 38.6 Å². The van der Waals surface area contributed by atoms with E-state index in [1.54, 1.807) is 11.3 Å². The summed E-state index contributed by atoms with van der Waals surface area (Å²) in [5.41, 5.74) is 5.08. The van der Waals surface area contributed by atoms with Crippen LogP contribution < -0.4 is 5.32 Å². The van der Waals surface area contributed by atoms with Crippen molar-refractivity contribution in [2.45, 2.75) is 52.1 Å². The number of imidazole rings is 1. The molecule has 7 heteroatoms. The first-order valence-electron chi connectivity index (χ1n) is 10.2. The van der Waals surface area contributed by atoms with E-state index in [4.69, 9.17) is 0 Å². The van der Waals surface area contributed by atoms with Gasteiger partial charge in [-0.3, -0.25) is 4.79 Å². The molecule has 0 radical (unpaired) electrons. The van der Waals surface area contributed by atoms with Crippen LogP contribution in [0.2, 0.25) is 0 Å². The quantitative estimate of drug-likeness (QED) is 0.513. The number of nitrogens with zero attached hydrogens (tertiary/aromatic N) is 2. The van der Waals surface area contributed by atoms with Gasteiger partial charge in [0.15, 0.2) is 5.16 Å². The molecule has 0 aliphatic heterocycles. The van der Waals surface area contributed by atoms with Crippen molar-refractivity contribution in [2.75, 3.05) is 11.1 Å². The SMILES string of the molecule is Cc1ccc2nc(SCC(=O)Nc3sc4c(c3C#N)CCC(C(C)(C)C)C4)[nH]c2c1. The molecule has 0 saturated heterocycles. The lowest BCUT2D eigenvalue weighted by Crippen LogP contribution is -2.26. The van der Waals surface area contributed by atoms with E-state index in [-0.39, 0.29) is 17.1 Å². The molecular formula is C23H26N4OS2. The van der Waals surface area contributed by atoms with Crippen LogP contribution in [0.1, 0.15) is 48.8 Å². The van der Waals surface area contributed by atoms with Gasteiger partial charge in [0.25, 0.3) is 0 Å². The molecule has 3 aromatic rings. The molecule has 2 N–H and O–H groups in total. The van der Waals surface area contributed by atoms with Crippen LogP contribution in [0.5, 0.6) is 0 Å². The van der Waals surface area contributed by atoms with Gasteiger partial charge in [-0.05, 0) is 60.8 Å². The summed E-state index contributed by atoms with van der Waals surface area (Å²) in [4.78, 5) is 21.6. The summed E-state index contributed by atoms with van der Waals surface area (Å²) in [5.74, 6) is 0.738. The lowest BCUT2D eigenvalue weighted by molar-refractivity contribution is -0.113. The molecule has 1 amide bonds. The Kier molecular flexibility index (Phi) is 5.65. The van der Waals surface area contributed by atoms with Crippen molar-refractivity contribution in [3.05, 3.63) is 39.8 Å². The van der Waals surface area contributed by atoms with Gasteiger partial charge < -0.3 is 10.3 Å². The fourth-order valence-electron chi connectivity index (χ4n) is 4.00. The van der Waals surface area contributed by atoms with Crippen LogP contribution >= 0.6 is 23.1 Å². The molecule has 30 heavy (non-hydrogen) atoms. The number of hydrogen-bond acceptors (Lipinski definition) is 5. The Morgan fingerprint density at radius 1 is 1.43 bits per heavy atom. The highest BCUT2D eigenvalue weighted by molar-refractivity contribution is 7.99. The van der Waals surface area contributed by atoms with Crippen LogP contribution in [0.25, 0.3) is 11.0 Å². The van der Waals surface area contributed by atoms with E-state index in [9.17, 15) is 10.1 Å². The Labute approximate surface area is 185 Å². The van der Waals surface area contributed by atoms with Gasteiger partial charge in [0, 0.05) is 4.88 Å². The first-order valence-corrected chi connectivity index (χ1v) is 12.0. The molecule has 0 spiro atoms. The van der Waals surface area contributed by atoms with Gasteiger partial charge in [0.2, 0.25) is 5.91 Å². The van der Waals surface area contributed by atoms with Crippen LogP contribution in [0.3, 0.4) is 0 Å². The third-order valence-corrected chi connectivity index (χ3v) is 7.85. The number of thiophene rings is 1. The van der Waals surface area contributed by atoms with Crippen LogP contribution in [0, 0.1) is 29.6 Å². The average molecular weight is 439 g/mol. The number of nitriles is 1. The van der Waals surface area contributed by atoms with E-state index in [1.807, 2.05) is 25.1 Å². The summed E-state index contributed by atoms with van der Waals surface area (Å²) < 4.78 is 0. The van der Waals surface area contributed by atoms with Crippen molar-refractivity contribution in [1.82, 2.24) is 9.97 Å². The summed E-state index contributed by atoms with van der Waals surface area (Å²) >= 11 is 2.95. The molecule has 1 aromatic carbocycles. The number of nitrogens with one attached hydrogen (secondary N) is 2. The summed E-state index contributed by atoms with van der Waals surface area (Å²) in [7, 11) is 0. The number of aromatic amines is 1. The minimum absolute atomic E-state index is 0.112. The smallest absolute Gasteiger partial charge is 0.235 e. The number of aromatic nitrogens is 2. The Balaban J connectivity index is 1.44. The Morgan fingerprint density at radius 3 is 2.97 bits per heavy atom. The van der Waals surface area contributed by atoms with Gasteiger partial charge >= 0.3 is 0 Å². The van der Waals surface area contributed by atoms with Crippen molar-refractivity contribution in [1.29, 1.82) is 5.26 Å². The predicted octanol–water partition coefficient (Wildman–Crippen LogP) is 5.69. The Morgan fingerprint density at radius 2 is 2.23 bits per heavy atom. The van der Waals surface area contributed by atoms with Gasteiger partial charge in [0.1, 0.15) is 11.1 Å². The van der Waals surface area contributed by atoms with E-state index in [1.165, 1.54) is 22.2 Å². The third-order valence-electron chi connectivity index (χ3n) is 5.81. The van der Waals surface area contributed by atoms with Crippen molar-refractivity contribution >= 4 is 45.0 Å². The lowest BCUT2D eigenvalue weighted by Gasteiger charge is -2.33. The molecule has 1 unspecified atom stereocenters. The van der Waals surface area contributed by atoms with Gasteiger partial charge in [0.05, 0.1) is 22.3 Å². The second-order valence-corrected chi connectivity index (χ2v) is 11.1. The molecule has 0 fully saturated rings. The predicted molar refractivity (Wildman–Crippen MR) is 124 cm³/mol. The van der Waals surface area contributed by atoms with Crippen LogP contribution in [-0.4, -0.2) is 21.6 Å². The molecular weight excluding hydrogens is 412 g/mol. The molecule has 1 aliphatic carbocycles. The number of thioether (sulfide) groups is 1. The topological polar surface area (TPSA) is 81.6 Å². The first-order chi connectivity index (χ1) is 14.2. The number of anilines is 1. The summed E-state index contributed by atoms with van der Waals surface area (Å²) in [6, 6.07) is 8.38. The second-order valence-electron chi connectivity index (χ2n) is 9.02. The first kappa shape index (κ1) is 21.0. The lowest BCUT2D eigenvalue weighted by atomic mass is 9.72. The fourth-order valence-corrected chi connectivity index (χ4v) is 5.98. The van der Waals surface area contributed by atoms with Crippen LogP contribution in [-0.2, 0) is 17.6 Å². The van der Waals surface area contributed by atoms with Crippen molar-refractivity contribution in [3.8, 4) is 6.07 Å². The maximum atomic E-state index is 12.6. The zero-order valence-electron chi connectivity index (χ0n) is 17.8. The molecule has 5 nitrogen and oxygen atoms in total. The highest BCUT2D eigenvalue weighted by Crippen LogP contribution is 2.44. The molecule has 1 atom stereocenters. The van der Waals surface area contributed by atoms with E-state index in [0.29, 0.717) is 16.5 Å². The maximum absolute atomic E-state index is 12.6. The largest absolute Gasteiger partial charge is 0.333 e. The third kappa shape index (κ3) is 4.26. The zero-order valence-corrected chi connectivity index (χ0v) is 19.4. The highest BCUT2D eigenvalue weighted by Gasteiger charge is 2.32. The molecule has 1 aliphatic rings. The molecule has 156 valence electrons. The van der Waals surface area contributed by atoms with Gasteiger partial charge in [-0.2, -0.15) is 5.26 Å². The normalized spacial score (nSPS) is 16.3. The Hall–Kier alpha value is -2.30. The van der Waals surface area contributed by atoms with Crippen LogP contribution in [0.4, 0.5) is 5.00 Å². The fraction of sp³-hybridized carbons (Fsp3) is 0.435. The van der Waals surface area contributed by atoms with Crippen molar-refractivity contribution in [2.24, 2.45) is 11.3 Å². The number of aryl methyl sites for hydroxylation is 1. The number of amides is 1. The average Bonchev–Trinajstić information content (AvgIpc) is 3.24. The van der Waals surface area contributed by atoms with Gasteiger partial charge in [-0.25, -0.2) is 4.98 Å². The molecule has 0 bridgehead atoms. The maximum Gasteiger partial charge on any atom is 0.235 e. The monoisotopic (exact) mass is 438 g/mol. The van der Waals surface area contributed by atoms with Crippen LogP contribution in [0.15, 0.2) is 23.4 Å². The second kappa shape index (κ2) is 8.09. The standard InChI is InChI=1S/C23H26N4OS2/c1-13-5-8-17-18(9-13)26-22(25-17)29-12-20(28)27-21-16(11-24)15-7-6-14(23(2,3)4)10-19(15)30-21/h5,8-9,14H,6-7,10,12H2,1-4H3,(H,25,26)(H,27,28). The number of carbonyl (C=O) groups excluding carboxylic acids is 1. The molecule has 0 saturated carbocycles. The number of H-pyrrole nitrogens is 1. The molecule has 2 aromatic heterocycles. The number of hydrogen-bond donors (Lipinski definition) is 2. The summed E-state index contributed by atoms with van der Waals surface area (Å²) in [6.07, 6.45) is 3.00.